The van der Waals surface area contributed by atoms with E-state index in [0.29, 0.717) is 12.0 Å². The summed E-state index contributed by atoms with van der Waals surface area (Å²) < 4.78 is 1.98. The molecule has 0 bridgehead atoms. The zero-order valence-corrected chi connectivity index (χ0v) is 10.7. The highest BCUT2D eigenvalue weighted by atomic mass is 32.1. The van der Waals surface area contributed by atoms with Crippen molar-refractivity contribution in [3.63, 3.8) is 0 Å². The van der Waals surface area contributed by atoms with Crippen molar-refractivity contribution >= 4 is 23.4 Å². The van der Waals surface area contributed by atoms with Gasteiger partial charge in [0.15, 0.2) is 0 Å². The number of aromatic nitrogens is 2. The molecule has 0 unspecified atom stereocenters. The van der Waals surface area contributed by atoms with Crippen LogP contribution in [-0.4, -0.2) is 20.6 Å². The summed E-state index contributed by atoms with van der Waals surface area (Å²) >= 11 is 1.72. The zero-order valence-electron chi connectivity index (χ0n) is 9.88. The maximum absolute atomic E-state index is 11.0. The molecular formula is C13H12N2O2S. The molecule has 0 saturated heterocycles. The fourth-order valence-corrected chi connectivity index (χ4v) is 3.47. The topological polar surface area (TPSA) is 55.1 Å². The maximum Gasteiger partial charge on any atom is 0.331 e. The van der Waals surface area contributed by atoms with Crippen LogP contribution in [0, 0.1) is 6.92 Å². The van der Waals surface area contributed by atoms with Crippen molar-refractivity contribution in [2.24, 2.45) is 0 Å². The van der Waals surface area contributed by atoms with Crippen molar-refractivity contribution in [3.05, 3.63) is 40.3 Å². The molecule has 0 amide bonds. The molecule has 3 rings (SSSR count). The number of carbonyl (C=O) groups is 1. The number of hydrogen-bond donors (Lipinski definition) is 1. The van der Waals surface area contributed by atoms with Crippen LogP contribution in [0.2, 0.25) is 0 Å². The van der Waals surface area contributed by atoms with Gasteiger partial charge in [-0.25, -0.2) is 9.78 Å². The fourth-order valence-electron chi connectivity index (χ4n) is 2.24. The van der Waals surface area contributed by atoms with E-state index in [1.54, 1.807) is 23.9 Å². The van der Waals surface area contributed by atoms with E-state index in [4.69, 9.17) is 5.11 Å². The lowest BCUT2D eigenvalue weighted by molar-refractivity contribution is -0.132. The van der Waals surface area contributed by atoms with E-state index in [-0.39, 0.29) is 0 Å². The van der Waals surface area contributed by atoms with Gasteiger partial charge in [0.25, 0.3) is 0 Å². The second kappa shape index (κ2) is 4.10. The summed E-state index contributed by atoms with van der Waals surface area (Å²) in [7, 11) is 0. The van der Waals surface area contributed by atoms with Gasteiger partial charge in [-0.1, -0.05) is 0 Å². The van der Waals surface area contributed by atoms with Gasteiger partial charge in [0.05, 0.1) is 6.33 Å². The van der Waals surface area contributed by atoms with Crippen LogP contribution in [0.15, 0.2) is 24.3 Å². The lowest BCUT2D eigenvalue weighted by atomic mass is 9.96. The lowest BCUT2D eigenvalue weighted by Crippen LogP contribution is -2.05. The molecule has 4 nitrogen and oxygen atoms in total. The first kappa shape index (κ1) is 11.2. The largest absolute Gasteiger partial charge is 0.478 e. The molecule has 0 atom stereocenters. The van der Waals surface area contributed by atoms with Gasteiger partial charge in [-0.2, -0.15) is 0 Å². The van der Waals surface area contributed by atoms with E-state index < -0.39 is 5.97 Å². The highest BCUT2D eigenvalue weighted by Gasteiger charge is 2.21. The first-order valence-electron chi connectivity index (χ1n) is 5.71. The molecule has 0 radical (unpaired) electrons. The number of imidazole rings is 1. The van der Waals surface area contributed by atoms with Gasteiger partial charge in [0.1, 0.15) is 5.00 Å². The number of nitrogens with zero attached hydrogens (tertiary/aromatic N) is 2. The molecular weight excluding hydrogens is 248 g/mol. The SMILES string of the molecule is Cc1c(-n2ccnc2)sc2c1C=C(C(=O)O)CC2. The highest BCUT2D eigenvalue weighted by molar-refractivity contribution is 7.15. The Morgan fingerprint density at radius 3 is 3.00 bits per heavy atom. The predicted molar refractivity (Wildman–Crippen MR) is 70.1 cm³/mol. The summed E-state index contributed by atoms with van der Waals surface area (Å²) in [6, 6.07) is 0. The fraction of sp³-hybridized carbons (Fsp3) is 0.231. The number of aryl methyl sites for hydroxylation is 1. The average molecular weight is 260 g/mol. The van der Waals surface area contributed by atoms with E-state index in [1.807, 2.05) is 23.8 Å². The average Bonchev–Trinajstić information content (AvgIpc) is 2.97. The molecule has 92 valence electrons. The molecule has 2 aromatic heterocycles. The van der Waals surface area contributed by atoms with Crippen LogP contribution in [0.4, 0.5) is 0 Å². The number of carboxylic acids is 1. The van der Waals surface area contributed by atoms with Gasteiger partial charge < -0.3 is 5.11 Å². The molecule has 0 spiro atoms. The molecule has 0 aliphatic heterocycles. The monoisotopic (exact) mass is 260 g/mol. The number of carboxylic acid groups (broad SMARTS) is 1. The summed E-state index contributed by atoms with van der Waals surface area (Å²) in [6.07, 6.45) is 8.67. The summed E-state index contributed by atoms with van der Waals surface area (Å²) in [5, 5.41) is 10.2. The Bertz CT molecular complexity index is 638. The van der Waals surface area contributed by atoms with E-state index in [0.717, 1.165) is 22.5 Å². The number of rotatable bonds is 2. The number of aliphatic carboxylic acids is 1. The molecule has 2 aromatic rings. The van der Waals surface area contributed by atoms with E-state index in [2.05, 4.69) is 4.98 Å². The van der Waals surface area contributed by atoms with E-state index >= 15 is 0 Å². The van der Waals surface area contributed by atoms with Crippen molar-refractivity contribution in [1.29, 1.82) is 0 Å². The Morgan fingerprint density at radius 1 is 1.50 bits per heavy atom. The van der Waals surface area contributed by atoms with Crippen molar-refractivity contribution in [1.82, 2.24) is 9.55 Å². The molecule has 0 saturated carbocycles. The summed E-state index contributed by atoms with van der Waals surface area (Å²) in [6.45, 7) is 2.03. The quantitative estimate of drug-likeness (QED) is 0.903. The van der Waals surface area contributed by atoms with Gasteiger partial charge in [-0.15, -0.1) is 11.3 Å². The Labute approximate surface area is 108 Å². The van der Waals surface area contributed by atoms with E-state index in [9.17, 15) is 4.79 Å². The number of thiophene rings is 1. The second-order valence-corrected chi connectivity index (χ2v) is 5.40. The Balaban J connectivity index is 2.12. The standard InChI is InChI=1S/C13H12N2O2S/c1-8-10-6-9(13(16)17)2-3-11(10)18-12(8)15-5-4-14-7-15/h4-7H,2-3H2,1H3,(H,16,17). The normalized spacial score (nSPS) is 14.2. The summed E-state index contributed by atoms with van der Waals surface area (Å²) in [5.41, 5.74) is 2.71. The first-order chi connectivity index (χ1) is 8.66. The van der Waals surface area contributed by atoms with Crippen molar-refractivity contribution in [2.75, 3.05) is 0 Å². The van der Waals surface area contributed by atoms with Crippen LogP contribution in [0.3, 0.4) is 0 Å². The van der Waals surface area contributed by atoms with E-state index in [1.165, 1.54) is 4.88 Å². The minimum absolute atomic E-state index is 0.501. The first-order valence-corrected chi connectivity index (χ1v) is 6.53. The Hall–Kier alpha value is -1.88. The zero-order chi connectivity index (χ0) is 12.7. The van der Waals surface area contributed by atoms with Crippen LogP contribution in [0.25, 0.3) is 11.1 Å². The molecule has 0 fully saturated rings. The van der Waals surface area contributed by atoms with Crippen LogP contribution in [0.1, 0.15) is 22.4 Å². The minimum Gasteiger partial charge on any atom is -0.478 e. The van der Waals surface area contributed by atoms with Crippen molar-refractivity contribution < 1.29 is 9.90 Å². The molecule has 2 heterocycles. The van der Waals surface area contributed by atoms with Crippen molar-refractivity contribution in [3.8, 4) is 5.00 Å². The molecule has 5 heteroatoms. The molecule has 1 aliphatic carbocycles. The Morgan fingerprint density at radius 2 is 2.33 bits per heavy atom. The van der Waals surface area contributed by atoms with Crippen LogP contribution >= 0.6 is 11.3 Å². The van der Waals surface area contributed by atoms with Crippen LogP contribution in [-0.2, 0) is 11.2 Å². The van der Waals surface area contributed by atoms with Crippen LogP contribution in [0.5, 0.6) is 0 Å². The number of hydrogen-bond acceptors (Lipinski definition) is 3. The van der Waals surface area contributed by atoms with Gasteiger partial charge in [-0.3, -0.25) is 4.57 Å². The van der Waals surface area contributed by atoms with Gasteiger partial charge >= 0.3 is 5.97 Å². The third-order valence-electron chi connectivity index (χ3n) is 3.20. The predicted octanol–water partition coefficient (Wildman–Crippen LogP) is 2.66. The molecule has 0 aromatic carbocycles. The van der Waals surface area contributed by atoms with Crippen molar-refractivity contribution in [2.45, 2.75) is 19.8 Å². The Kier molecular flexibility index (Phi) is 2.56. The maximum atomic E-state index is 11.0. The van der Waals surface area contributed by atoms with Crippen LogP contribution < -0.4 is 0 Å². The number of fused-ring (bicyclic) bond motifs is 1. The molecule has 1 aliphatic rings. The van der Waals surface area contributed by atoms with Gasteiger partial charge in [-0.05, 0) is 37.0 Å². The van der Waals surface area contributed by atoms with Gasteiger partial charge in [0, 0.05) is 22.8 Å². The third kappa shape index (κ3) is 1.67. The smallest absolute Gasteiger partial charge is 0.331 e. The summed E-state index contributed by atoms with van der Waals surface area (Å²) in [4.78, 5) is 16.3. The second-order valence-electron chi connectivity index (χ2n) is 4.31. The minimum atomic E-state index is -0.810. The lowest BCUT2D eigenvalue weighted by Gasteiger charge is -2.09. The van der Waals surface area contributed by atoms with Gasteiger partial charge in [0.2, 0.25) is 0 Å². The summed E-state index contributed by atoms with van der Waals surface area (Å²) in [5.74, 6) is -0.810. The third-order valence-corrected chi connectivity index (χ3v) is 4.58. The molecule has 1 N–H and O–H groups in total. The highest BCUT2D eigenvalue weighted by Crippen LogP contribution is 2.37. The molecule has 18 heavy (non-hydrogen) atoms.